The predicted octanol–water partition coefficient (Wildman–Crippen LogP) is 5.08. The number of aryl methyl sites for hydroxylation is 2. The molecule has 0 unspecified atom stereocenters. The van der Waals surface area contributed by atoms with E-state index in [2.05, 4.69) is 24.4 Å². The number of carbonyl (C=O) groups is 1. The van der Waals surface area contributed by atoms with E-state index in [0.717, 1.165) is 33.4 Å². The Hall–Kier alpha value is -1.65. The standard InChI is InChI=1S/C21H26ClNO2S/c1-14-10-15(2)16(3)20(11-14)25-17(4)21(24)23-8-9-26-13-18-6-5-7-19(22)12-18/h5-7,10-12,17H,8-9,13H2,1-4H3,(H,23,24)/t17-/m0/s1. The number of thioether (sulfide) groups is 1. The zero-order valence-electron chi connectivity index (χ0n) is 15.8. The first kappa shape index (κ1) is 20.7. The van der Waals surface area contributed by atoms with Gasteiger partial charge < -0.3 is 10.1 Å². The SMILES string of the molecule is Cc1cc(C)c(C)c(O[C@@H](C)C(=O)NCCSCc2cccc(Cl)c2)c1. The fourth-order valence-corrected chi connectivity index (χ4v) is 3.59. The van der Waals surface area contributed by atoms with Gasteiger partial charge in [0.1, 0.15) is 5.75 Å². The number of halogens is 1. The summed E-state index contributed by atoms with van der Waals surface area (Å²) in [5.74, 6) is 2.41. The van der Waals surface area contributed by atoms with Gasteiger partial charge in [0.25, 0.3) is 5.91 Å². The van der Waals surface area contributed by atoms with Crippen molar-refractivity contribution >= 4 is 29.3 Å². The number of benzene rings is 2. The first-order valence-electron chi connectivity index (χ1n) is 8.71. The minimum absolute atomic E-state index is 0.0908. The molecule has 0 bridgehead atoms. The molecule has 1 amide bonds. The largest absolute Gasteiger partial charge is 0.481 e. The monoisotopic (exact) mass is 391 g/mol. The Morgan fingerprint density at radius 2 is 2.00 bits per heavy atom. The molecular weight excluding hydrogens is 366 g/mol. The molecule has 0 saturated heterocycles. The second kappa shape index (κ2) is 9.89. The highest BCUT2D eigenvalue weighted by Crippen LogP contribution is 2.24. The topological polar surface area (TPSA) is 38.3 Å². The lowest BCUT2D eigenvalue weighted by Gasteiger charge is -2.18. The van der Waals surface area contributed by atoms with Gasteiger partial charge in [0.05, 0.1) is 0 Å². The van der Waals surface area contributed by atoms with Crippen LogP contribution in [0, 0.1) is 20.8 Å². The van der Waals surface area contributed by atoms with Crippen LogP contribution in [0.2, 0.25) is 5.02 Å². The van der Waals surface area contributed by atoms with Gasteiger partial charge >= 0.3 is 0 Å². The zero-order valence-corrected chi connectivity index (χ0v) is 17.3. The summed E-state index contributed by atoms with van der Waals surface area (Å²) in [5, 5.41) is 3.69. The molecule has 0 heterocycles. The number of hydrogen-bond acceptors (Lipinski definition) is 3. The molecule has 2 aromatic rings. The summed E-state index contributed by atoms with van der Waals surface area (Å²) in [5.41, 5.74) is 4.57. The maximum atomic E-state index is 12.2. The van der Waals surface area contributed by atoms with Crippen LogP contribution in [0.1, 0.15) is 29.2 Å². The molecule has 2 rings (SSSR count). The molecule has 0 spiro atoms. The lowest BCUT2D eigenvalue weighted by Crippen LogP contribution is -2.37. The second-order valence-corrected chi connectivity index (χ2v) is 7.98. The number of carbonyl (C=O) groups excluding carboxylic acids is 1. The smallest absolute Gasteiger partial charge is 0.260 e. The minimum Gasteiger partial charge on any atom is -0.481 e. The van der Waals surface area contributed by atoms with Gasteiger partial charge in [-0.3, -0.25) is 4.79 Å². The molecule has 2 aromatic carbocycles. The van der Waals surface area contributed by atoms with Crippen LogP contribution < -0.4 is 10.1 Å². The summed E-state index contributed by atoms with van der Waals surface area (Å²) in [7, 11) is 0. The van der Waals surface area contributed by atoms with Gasteiger partial charge in [-0.05, 0) is 68.1 Å². The normalized spacial score (nSPS) is 11.9. The number of hydrogen-bond donors (Lipinski definition) is 1. The molecule has 0 aliphatic heterocycles. The summed E-state index contributed by atoms with van der Waals surface area (Å²) < 4.78 is 5.87. The summed E-state index contributed by atoms with van der Waals surface area (Å²) in [6.45, 7) is 8.49. The van der Waals surface area contributed by atoms with Crippen LogP contribution in [-0.2, 0) is 10.5 Å². The molecule has 0 fully saturated rings. The number of nitrogens with one attached hydrogen (secondary N) is 1. The van der Waals surface area contributed by atoms with Crippen LogP contribution in [0.4, 0.5) is 0 Å². The van der Waals surface area contributed by atoms with E-state index in [1.807, 2.05) is 38.1 Å². The molecule has 1 N–H and O–H groups in total. The Bertz CT molecular complexity index is 764. The molecule has 26 heavy (non-hydrogen) atoms. The average Bonchev–Trinajstić information content (AvgIpc) is 2.58. The van der Waals surface area contributed by atoms with Crippen LogP contribution in [0.25, 0.3) is 0 Å². The van der Waals surface area contributed by atoms with Gasteiger partial charge in [-0.15, -0.1) is 0 Å². The molecule has 0 radical (unpaired) electrons. The molecular formula is C21H26ClNO2S. The summed E-state index contributed by atoms with van der Waals surface area (Å²) in [4.78, 5) is 12.2. The average molecular weight is 392 g/mol. The van der Waals surface area contributed by atoms with E-state index >= 15 is 0 Å². The zero-order chi connectivity index (χ0) is 19.1. The van der Waals surface area contributed by atoms with Crippen molar-refractivity contribution in [3.05, 3.63) is 63.7 Å². The Kier molecular flexibility index (Phi) is 7.85. The fourth-order valence-electron chi connectivity index (χ4n) is 2.57. The molecule has 140 valence electrons. The van der Waals surface area contributed by atoms with Crippen LogP contribution in [-0.4, -0.2) is 24.3 Å². The van der Waals surface area contributed by atoms with Gasteiger partial charge in [0, 0.05) is 23.1 Å². The van der Waals surface area contributed by atoms with E-state index in [9.17, 15) is 4.79 Å². The lowest BCUT2D eigenvalue weighted by molar-refractivity contribution is -0.127. The molecule has 0 aliphatic carbocycles. The van der Waals surface area contributed by atoms with Crippen molar-refractivity contribution in [2.24, 2.45) is 0 Å². The van der Waals surface area contributed by atoms with Gasteiger partial charge in [-0.25, -0.2) is 0 Å². The van der Waals surface area contributed by atoms with Crippen LogP contribution in [0.5, 0.6) is 5.75 Å². The van der Waals surface area contributed by atoms with E-state index < -0.39 is 6.10 Å². The maximum Gasteiger partial charge on any atom is 0.260 e. The van der Waals surface area contributed by atoms with E-state index in [1.165, 1.54) is 11.1 Å². The highest BCUT2D eigenvalue weighted by atomic mass is 35.5. The van der Waals surface area contributed by atoms with Crippen molar-refractivity contribution in [2.45, 2.75) is 39.6 Å². The number of ether oxygens (including phenoxy) is 1. The Morgan fingerprint density at radius 3 is 2.73 bits per heavy atom. The first-order valence-corrected chi connectivity index (χ1v) is 10.2. The Balaban J connectivity index is 1.74. The molecule has 0 aliphatic rings. The van der Waals surface area contributed by atoms with E-state index in [4.69, 9.17) is 16.3 Å². The van der Waals surface area contributed by atoms with Crippen molar-refractivity contribution in [1.29, 1.82) is 0 Å². The van der Waals surface area contributed by atoms with E-state index in [1.54, 1.807) is 18.7 Å². The van der Waals surface area contributed by atoms with Crippen LogP contribution in [0.3, 0.4) is 0 Å². The van der Waals surface area contributed by atoms with Crippen LogP contribution in [0.15, 0.2) is 36.4 Å². The van der Waals surface area contributed by atoms with E-state index in [0.29, 0.717) is 6.54 Å². The molecule has 1 atom stereocenters. The van der Waals surface area contributed by atoms with E-state index in [-0.39, 0.29) is 5.91 Å². The number of amides is 1. The molecule has 0 aromatic heterocycles. The Morgan fingerprint density at radius 1 is 1.23 bits per heavy atom. The highest BCUT2D eigenvalue weighted by Gasteiger charge is 2.16. The van der Waals surface area contributed by atoms with Crippen molar-refractivity contribution in [2.75, 3.05) is 12.3 Å². The molecule has 0 saturated carbocycles. The third-order valence-corrected chi connectivity index (χ3v) is 5.41. The van der Waals surface area contributed by atoms with Crippen molar-refractivity contribution in [1.82, 2.24) is 5.32 Å². The van der Waals surface area contributed by atoms with Crippen molar-refractivity contribution in [3.8, 4) is 5.75 Å². The van der Waals surface area contributed by atoms with Crippen LogP contribution >= 0.6 is 23.4 Å². The maximum absolute atomic E-state index is 12.2. The van der Waals surface area contributed by atoms with Gasteiger partial charge in [0.2, 0.25) is 0 Å². The van der Waals surface area contributed by atoms with Gasteiger partial charge in [0.15, 0.2) is 6.10 Å². The fraction of sp³-hybridized carbons (Fsp3) is 0.381. The summed E-state index contributed by atoms with van der Waals surface area (Å²) in [6, 6.07) is 11.9. The lowest BCUT2D eigenvalue weighted by atomic mass is 10.1. The minimum atomic E-state index is -0.521. The van der Waals surface area contributed by atoms with Crippen molar-refractivity contribution < 1.29 is 9.53 Å². The van der Waals surface area contributed by atoms with Gasteiger partial charge in [-0.1, -0.05) is 29.8 Å². The summed E-state index contributed by atoms with van der Waals surface area (Å²) in [6.07, 6.45) is -0.521. The predicted molar refractivity (Wildman–Crippen MR) is 111 cm³/mol. The third kappa shape index (κ3) is 6.26. The first-order chi connectivity index (χ1) is 12.4. The Labute approximate surface area is 165 Å². The van der Waals surface area contributed by atoms with Crippen molar-refractivity contribution in [3.63, 3.8) is 0 Å². The molecule has 3 nitrogen and oxygen atoms in total. The molecule has 5 heteroatoms. The number of rotatable bonds is 8. The third-order valence-electron chi connectivity index (χ3n) is 4.14. The quantitative estimate of drug-likeness (QED) is 0.637. The van der Waals surface area contributed by atoms with Gasteiger partial charge in [-0.2, -0.15) is 11.8 Å². The second-order valence-electron chi connectivity index (χ2n) is 6.44. The summed E-state index contributed by atoms with van der Waals surface area (Å²) >= 11 is 7.74. The highest BCUT2D eigenvalue weighted by molar-refractivity contribution is 7.98.